The van der Waals surface area contributed by atoms with Crippen LogP contribution in [-0.2, 0) is 0 Å². The van der Waals surface area contributed by atoms with Crippen LogP contribution in [0.2, 0.25) is 0 Å². The lowest BCUT2D eigenvalue weighted by Crippen LogP contribution is -2.31. The van der Waals surface area contributed by atoms with E-state index in [0.717, 1.165) is 0 Å². The molecule has 0 spiro atoms. The van der Waals surface area contributed by atoms with E-state index in [2.05, 4.69) is 39.0 Å². The van der Waals surface area contributed by atoms with Crippen LogP contribution < -0.4 is 5.73 Å². The fraction of sp³-hybridized carbons (Fsp3) is 0.500. The van der Waals surface area contributed by atoms with Gasteiger partial charge in [0.1, 0.15) is 0 Å². The van der Waals surface area contributed by atoms with Gasteiger partial charge >= 0.3 is 0 Å². The Kier molecular flexibility index (Phi) is 3.78. The van der Waals surface area contributed by atoms with Gasteiger partial charge in [0, 0.05) is 17.1 Å². The molecule has 1 aliphatic heterocycles. The predicted molar refractivity (Wildman–Crippen MR) is 66.7 cm³/mol. The van der Waals surface area contributed by atoms with E-state index in [9.17, 15) is 0 Å². The molecule has 0 unspecified atom stereocenters. The molecular formula is C12H17BrN2. The molecule has 1 aliphatic rings. The SMILES string of the molecule is NC[C@H](c1ccccc1Br)N1CCCC1. The van der Waals surface area contributed by atoms with Gasteiger partial charge in [-0.15, -0.1) is 0 Å². The van der Waals surface area contributed by atoms with Crippen LogP contribution in [0.1, 0.15) is 24.4 Å². The van der Waals surface area contributed by atoms with Crippen molar-refractivity contribution in [2.75, 3.05) is 19.6 Å². The van der Waals surface area contributed by atoms with Gasteiger partial charge in [0.15, 0.2) is 0 Å². The Bertz CT molecular complexity index is 321. The summed E-state index contributed by atoms with van der Waals surface area (Å²) in [6.45, 7) is 3.06. The molecule has 0 amide bonds. The summed E-state index contributed by atoms with van der Waals surface area (Å²) in [4.78, 5) is 2.49. The second kappa shape index (κ2) is 5.10. The van der Waals surface area contributed by atoms with Crippen molar-refractivity contribution < 1.29 is 0 Å². The Morgan fingerprint density at radius 2 is 1.93 bits per heavy atom. The highest BCUT2D eigenvalue weighted by Crippen LogP contribution is 2.29. The fourth-order valence-electron chi connectivity index (χ4n) is 2.27. The Hall–Kier alpha value is -0.380. The van der Waals surface area contributed by atoms with Crippen molar-refractivity contribution in [2.24, 2.45) is 5.73 Å². The zero-order chi connectivity index (χ0) is 10.7. The third-order valence-electron chi connectivity index (χ3n) is 3.07. The Balaban J connectivity index is 2.22. The van der Waals surface area contributed by atoms with E-state index >= 15 is 0 Å². The normalized spacial score (nSPS) is 19.3. The highest BCUT2D eigenvalue weighted by atomic mass is 79.9. The minimum absolute atomic E-state index is 0.378. The first-order valence-electron chi connectivity index (χ1n) is 5.51. The maximum Gasteiger partial charge on any atom is 0.0481 e. The molecule has 0 radical (unpaired) electrons. The van der Waals surface area contributed by atoms with Gasteiger partial charge in [-0.2, -0.15) is 0 Å². The summed E-state index contributed by atoms with van der Waals surface area (Å²) < 4.78 is 1.17. The molecule has 82 valence electrons. The molecule has 0 aromatic heterocycles. The summed E-state index contributed by atoms with van der Waals surface area (Å²) in [5, 5.41) is 0. The molecular weight excluding hydrogens is 252 g/mol. The van der Waals surface area contributed by atoms with E-state index in [0.29, 0.717) is 12.6 Å². The average molecular weight is 269 g/mol. The zero-order valence-electron chi connectivity index (χ0n) is 8.82. The lowest BCUT2D eigenvalue weighted by Gasteiger charge is -2.27. The number of nitrogens with zero attached hydrogens (tertiary/aromatic N) is 1. The summed E-state index contributed by atoms with van der Waals surface area (Å²) in [7, 11) is 0. The van der Waals surface area contributed by atoms with E-state index in [1.807, 2.05) is 6.07 Å². The number of hydrogen-bond acceptors (Lipinski definition) is 2. The molecule has 2 rings (SSSR count). The van der Waals surface area contributed by atoms with Crippen molar-refractivity contribution in [3.63, 3.8) is 0 Å². The van der Waals surface area contributed by atoms with Crippen LogP contribution in [0.3, 0.4) is 0 Å². The highest BCUT2D eigenvalue weighted by molar-refractivity contribution is 9.10. The van der Waals surface area contributed by atoms with Crippen LogP contribution >= 0.6 is 15.9 Å². The molecule has 1 fully saturated rings. The Morgan fingerprint density at radius 1 is 1.27 bits per heavy atom. The van der Waals surface area contributed by atoms with Gasteiger partial charge in [0.25, 0.3) is 0 Å². The molecule has 1 atom stereocenters. The molecule has 15 heavy (non-hydrogen) atoms. The zero-order valence-corrected chi connectivity index (χ0v) is 10.4. The number of likely N-dealkylation sites (tertiary alicyclic amines) is 1. The molecule has 2 nitrogen and oxygen atoms in total. The maximum atomic E-state index is 5.89. The number of nitrogens with two attached hydrogens (primary N) is 1. The first-order chi connectivity index (χ1) is 7.33. The number of rotatable bonds is 3. The Morgan fingerprint density at radius 3 is 2.53 bits per heavy atom. The number of halogens is 1. The second-order valence-electron chi connectivity index (χ2n) is 4.02. The van der Waals surface area contributed by atoms with Crippen molar-refractivity contribution in [3.8, 4) is 0 Å². The molecule has 1 saturated heterocycles. The molecule has 3 heteroatoms. The van der Waals surface area contributed by atoms with E-state index in [1.165, 1.54) is 36.0 Å². The van der Waals surface area contributed by atoms with Crippen LogP contribution in [0.15, 0.2) is 28.7 Å². The van der Waals surface area contributed by atoms with Gasteiger partial charge in [-0.05, 0) is 37.6 Å². The number of hydrogen-bond donors (Lipinski definition) is 1. The van der Waals surface area contributed by atoms with Crippen molar-refractivity contribution in [2.45, 2.75) is 18.9 Å². The quantitative estimate of drug-likeness (QED) is 0.913. The largest absolute Gasteiger partial charge is 0.329 e. The summed E-state index contributed by atoms with van der Waals surface area (Å²) >= 11 is 3.60. The lowest BCUT2D eigenvalue weighted by molar-refractivity contribution is 0.250. The van der Waals surface area contributed by atoms with Crippen molar-refractivity contribution in [1.29, 1.82) is 0 Å². The summed E-state index contributed by atoms with van der Waals surface area (Å²) in [6, 6.07) is 8.76. The van der Waals surface area contributed by atoms with Gasteiger partial charge in [-0.3, -0.25) is 4.90 Å². The van der Waals surface area contributed by atoms with Crippen molar-refractivity contribution in [3.05, 3.63) is 34.3 Å². The van der Waals surface area contributed by atoms with Crippen LogP contribution in [0, 0.1) is 0 Å². The molecule has 1 aromatic carbocycles. The third-order valence-corrected chi connectivity index (χ3v) is 3.79. The van der Waals surface area contributed by atoms with Crippen LogP contribution in [0.25, 0.3) is 0 Å². The highest BCUT2D eigenvalue weighted by Gasteiger charge is 2.23. The van der Waals surface area contributed by atoms with E-state index in [-0.39, 0.29) is 0 Å². The summed E-state index contributed by atoms with van der Waals surface area (Å²) in [6.07, 6.45) is 2.61. The van der Waals surface area contributed by atoms with Crippen LogP contribution in [-0.4, -0.2) is 24.5 Å². The van der Waals surface area contributed by atoms with E-state index < -0.39 is 0 Å². The predicted octanol–water partition coefficient (Wildman–Crippen LogP) is 2.54. The molecule has 0 saturated carbocycles. The second-order valence-corrected chi connectivity index (χ2v) is 4.87. The maximum absolute atomic E-state index is 5.89. The van der Waals surface area contributed by atoms with Crippen LogP contribution in [0.4, 0.5) is 0 Å². The lowest BCUT2D eigenvalue weighted by atomic mass is 10.1. The summed E-state index contributed by atoms with van der Waals surface area (Å²) in [5.41, 5.74) is 7.21. The summed E-state index contributed by atoms with van der Waals surface area (Å²) in [5.74, 6) is 0. The topological polar surface area (TPSA) is 29.3 Å². The standard InChI is InChI=1S/C12H17BrN2/c13-11-6-2-1-5-10(11)12(9-14)15-7-3-4-8-15/h1-2,5-6,12H,3-4,7-9,14H2/t12-/m1/s1. The van der Waals surface area contributed by atoms with Crippen molar-refractivity contribution >= 4 is 15.9 Å². The first kappa shape index (κ1) is 11.1. The molecule has 1 heterocycles. The van der Waals surface area contributed by atoms with Gasteiger partial charge < -0.3 is 5.73 Å². The minimum Gasteiger partial charge on any atom is -0.329 e. The number of benzene rings is 1. The first-order valence-corrected chi connectivity index (χ1v) is 6.31. The van der Waals surface area contributed by atoms with Gasteiger partial charge in [0.2, 0.25) is 0 Å². The monoisotopic (exact) mass is 268 g/mol. The molecule has 1 aromatic rings. The Labute approximate surface area is 99.6 Å². The molecule has 0 bridgehead atoms. The van der Waals surface area contributed by atoms with Crippen molar-refractivity contribution in [1.82, 2.24) is 4.90 Å². The van der Waals surface area contributed by atoms with Gasteiger partial charge in [-0.25, -0.2) is 0 Å². The molecule has 2 N–H and O–H groups in total. The van der Waals surface area contributed by atoms with E-state index in [1.54, 1.807) is 0 Å². The smallest absolute Gasteiger partial charge is 0.0481 e. The minimum atomic E-state index is 0.378. The fourth-order valence-corrected chi connectivity index (χ4v) is 2.82. The van der Waals surface area contributed by atoms with Gasteiger partial charge in [0.05, 0.1) is 0 Å². The third kappa shape index (κ3) is 2.41. The average Bonchev–Trinajstić information content (AvgIpc) is 2.75. The van der Waals surface area contributed by atoms with Crippen LogP contribution in [0.5, 0.6) is 0 Å². The van der Waals surface area contributed by atoms with Gasteiger partial charge in [-0.1, -0.05) is 34.1 Å². The molecule has 0 aliphatic carbocycles. The van der Waals surface area contributed by atoms with E-state index in [4.69, 9.17) is 5.73 Å².